The van der Waals surface area contributed by atoms with E-state index in [0.717, 1.165) is 5.39 Å². The average molecular weight is 272 g/mol. The van der Waals surface area contributed by atoms with Crippen LogP contribution >= 0.6 is 0 Å². The van der Waals surface area contributed by atoms with Gasteiger partial charge in [-0.3, -0.25) is 9.59 Å². The van der Waals surface area contributed by atoms with Gasteiger partial charge in [0.05, 0.1) is 12.1 Å². The van der Waals surface area contributed by atoms with Crippen molar-refractivity contribution in [3.8, 4) is 0 Å². The standard InChI is InChI=1S/C14H16N4O2/c1-2-18(8-13(16)19)14(20)12-7-10(15)9-5-3-4-6-11(9)17-12/h3-7H,2,8H2,1H3,(H2,15,17)(H2,16,19). The fourth-order valence-corrected chi connectivity index (χ4v) is 1.99. The van der Waals surface area contributed by atoms with Gasteiger partial charge < -0.3 is 16.4 Å². The zero-order valence-corrected chi connectivity index (χ0v) is 11.2. The average Bonchev–Trinajstić information content (AvgIpc) is 2.43. The van der Waals surface area contributed by atoms with Crippen LogP contribution in [-0.2, 0) is 4.79 Å². The maximum absolute atomic E-state index is 12.3. The number of hydrogen-bond donors (Lipinski definition) is 2. The number of rotatable bonds is 4. The normalized spacial score (nSPS) is 10.4. The number of carbonyl (C=O) groups excluding carboxylic acids is 2. The summed E-state index contributed by atoms with van der Waals surface area (Å²) in [7, 11) is 0. The molecule has 0 aliphatic carbocycles. The van der Waals surface area contributed by atoms with Gasteiger partial charge >= 0.3 is 0 Å². The van der Waals surface area contributed by atoms with Crippen molar-refractivity contribution < 1.29 is 9.59 Å². The van der Waals surface area contributed by atoms with Gasteiger partial charge in [-0.15, -0.1) is 0 Å². The van der Waals surface area contributed by atoms with Gasteiger partial charge in [-0.25, -0.2) is 4.98 Å². The van der Waals surface area contributed by atoms with Gasteiger partial charge in [0.1, 0.15) is 5.69 Å². The summed E-state index contributed by atoms with van der Waals surface area (Å²) < 4.78 is 0. The molecule has 0 bridgehead atoms. The summed E-state index contributed by atoms with van der Waals surface area (Å²) in [6.45, 7) is 2.01. The first-order valence-corrected chi connectivity index (χ1v) is 6.25. The molecule has 4 N–H and O–H groups in total. The van der Waals surface area contributed by atoms with E-state index in [1.165, 1.54) is 11.0 Å². The van der Waals surface area contributed by atoms with E-state index in [1.54, 1.807) is 13.0 Å². The summed E-state index contributed by atoms with van der Waals surface area (Å²) in [5.74, 6) is -0.919. The first-order chi connectivity index (χ1) is 9.52. The van der Waals surface area contributed by atoms with Crippen LogP contribution in [0.5, 0.6) is 0 Å². The molecule has 6 nitrogen and oxygen atoms in total. The fraction of sp³-hybridized carbons (Fsp3) is 0.214. The van der Waals surface area contributed by atoms with Crippen LogP contribution < -0.4 is 11.5 Å². The third-order valence-corrected chi connectivity index (χ3v) is 2.98. The first kappa shape index (κ1) is 13.8. The number of para-hydroxylation sites is 1. The maximum Gasteiger partial charge on any atom is 0.273 e. The molecule has 2 rings (SSSR count). The number of primary amides is 1. The number of pyridine rings is 1. The van der Waals surface area contributed by atoms with Crippen molar-refractivity contribution in [3.05, 3.63) is 36.0 Å². The number of hydrogen-bond acceptors (Lipinski definition) is 4. The second-order valence-corrected chi connectivity index (χ2v) is 4.40. The van der Waals surface area contributed by atoms with Crippen LogP contribution in [0.4, 0.5) is 5.69 Å². The number of anilines is 1. The molecule has 20 heavy (non-hydrogen) atoms. The van der Waals surface area contributed by atoms with Crippen LogP contribution in [0.3, 0.4) is 0 Å². The second kappa shape index (κ2) is 5.56. The van der Waals surface area contributed by atoms with Gasteiger partial charge in [0.2, 0.25) is 5.91 Å². The predicted octanol–water partition coefficient (Wildman–Crippen LogP) is 0.764. The zero-order valence-electron chi connectivity index (χ0n) is 11.2. The van der Waals surface area contributed by atoms with Gasteiger partial charge in [0.25, 0.3) is 5.91 Å². The zero-order chi connectivity index (χ0) is 14.7. The molecule has 104 valence electrons. The molecule has 0 aliphatic heterocycles. The van der Waals surface area contributed by atoms with Crippen molar-refractivity contribution in [2.75, 3.05) is 18.8 Å². The number of nitrogens with zero attached hydrogens (tertiary/aromatic N) is 2. The molecular weight excluding hydrogens is 256 g/mol. The Morgan fingerprint density at radius 1 is 1.30 bits per heavy atom. The van der Waals surface area contributed by atoms with E-state index in [0.29, 0.717) is 17.7 Å². The molecule has 6 heteroatoms. The Balaban J connectivity index is 2.41. The molecule has 2 aromatic rings. The lowest BCUT2D eigenvalue weighted by atomic mass is 10.1. The number of amides is 2. The number of carbonyl (C=O) groups is 2. The lowest BCUT2D eigenvalue weighted by Crippen LogP contribution is -2.38. The molecule has 0 fully saturated rings. The molecule has 0 aliphatic rings. The van der Waals surface area contributed by atoms with Gasteiger partial charge in [0.15, 0.2) is 0 Å². The van der Waals surface area contributed by atoms with Gasteiger partial charge in [0, 0.05) is 17.6 Å². The topological polar surface area (TPSA) is 102 Å². The summed E-state index contributed by atoms with van der Waals surface area (Å²) in [6, 6.07) is 8.82. The van der Waals surface area contributed by atoms with E-state index in [-0.39, 0.29) is 18.1 Å². The number of likely N-dealkylation sites (N-methyl/N-ethyl adjacent to an activating group) is 1. The molecule has 0 saturated heterocycles. The molecule has 0 atom stereocenters. The number of nitrogen functional groups attached to an aromatic ring is 1. The third kappa shape index (κ3) is 2.69. The summed E-state index contributed by atoms with van der Waals surface area (Å²) in [5, 5.41) is 0.794. The minimum absolute atomic E-state index is 0.135. The minimum atomic E-state index is -0.561. The van der Waals surface area contributed by atoms with Crippen molar-refractivity contribution in [1.82, 2.24) is 9.88 Å². The summed E-state index contributed by atoms with van der Waals surface area (Å²) >= 11 is 0. The van der Waals surface area contributed by atoms with Gasteiger partial charge in [-0.1, -0.05) is 18.2 Å². The van der Waals surface area contributed by atoms with Gasteiger partial charge in [-0.05, 0) is 19.1 Å². The van der Waals surface area contributed by atoms with Crippen molar-refractivity contribution in [3.63, 3.8) is 0 Å². The molecule has 0 radical (unpaired) electrons. The summed E-state index contributed by atoms with van der Waals surface area (Å²) in [4.78, 5) is 28.9. The Morgan fingerprint density at radius 3 is 2.65 bits per heavy atom. The molecule has 1 aromatic carbocycles. The predicted molar refractivity (Wildman–Crippen MR) is 76.9 cm³/mol. The van der Waals surface area contributed by atoms with E-state index in [9.17, 15) is 9.59 Å². The van der Waals surface area contributed by atoms with Crippen LogP contribution in [-0.4, -0.2) is 34.8 Å². The number of nitrogens with two attached hydrogens (primary N) is 2. The van der Waals surface area contributed by atoms with Crippen molar-refractivity contribution >= 4 is 28.4 Å². The maximum atomic E-state index is 12.3. The fourth-order valence-electron chi connectivity index (χ4n) is 1.99. The van der Waals surface area contributed by atoms with E-state index in [1.807, 2.05) is 18.2 Å². The highest BCUT2D eigenvalue weighted by Crippen LogP contribution is 2.20. The van der Waals surface area contributed by atoms with Crippen molar-refractivity contribution in [2.45, 2.75) is 6.92 Å². The van der Waals surface area contributed by atoms with Crippen LogP contribution in [0.15, 0.2) is 30.3 Å². The SMILES string of the molecule is CCN(CC(N)=O)C(=O)c1cc(N)c2ccccc2n1. The lowest BCUT2D eigenvalue weighted by Gasteiger charge is -2.19. The van der Waals surface area contributed by atoms with E-state index in [2.05, 4.69) is 4.98 Å². The number of fused-ring (bicyclic) bond motifs is 1. The van der Waals surface area contributed by atoms with Crippen LogP contribution in [0.25, 0.3) is 10.9 Å². The van der Waals surface area contributed by atoms with Crippen LogP contribution in [0.1, 0.15) is 17.4 Å². The van der Waals surface area contributed by atoms with Crippen LogP contribution in [0.2, 0.25) is 0 Å². The third-order valence-electron chi connectivity index (χ3n) is 2.98. The Kier molecular flexibility index (Phi) is 3.84. The largest absolute Gasteiger partial charge is 0.398 e. The molecule has 0 spiro atoms. The Bertz CT molecular complexity index is 669. The Hall–Kier alpha value is -2.63. The monoisotopic (exact) mass is 272 g/mol. The molecule has 2 amide bonds. The van der Waals surface area contributed by atoms with E-state index < -0.39 is 5.91 Å². The van der Waals surface area contributed by atoms with Gasteiger partial charge in [-0.2, -0.15) is 0 Å². The first-order valence-electron chi connectivity index (χ1n) is 6.25. The molecule has 1 heterocycles. The number of benzene rings is 1. The Labute approximate surface area is 116 Å². The quantitative estimate of drug-likeness (QED) is 0.857. The highest BCUT2D eigenvalue weighted by Gasteiger charge is 2.18. The molecule has 0 saturated carbocycles. The molecule has 1 aromatic heterocycles. The molecule has 0 unspecified atom stereocenters. The van der Waals surface area contributed by atoms with Crippen molar-refractivity contribution in [1.29, 1.82) is 0 Å². The minimum Gasteiger partial charge on any atom is -0.398 e. The van der Waals surface area contributed by atoms with E-state index >= 15 is 0 Å². The lowest BCUT2D eigenvalue weighted by molar-refractivity contribution is -0.118. The number of aromatic nitrogens is 1. The smallest absolute Gasteiger partial charge is 0.273 e. The highest BCUT2D eigenvalue weighted by atomic mass is 16.2. The van der Waals surface area contributed by atoms with Crippen LogP contribution in [0, 0.1) is 0 Å². The second-order valence-electron chi connectivity index (χ2n) is 4.40. The highest BCUT2D eigenvalue weighted by molar-refractivity contribution is 6.00. The summed E-state index contributed by atoms with van der Waals surface area (Å²) in [6.07, 6.45) is 0. The summed E-state index contributed by atoms with van der Waals surface area (Å²) in [5.41, 5.74) is 12.4. The van der Waals surface area contributed by atoms with Crippen molar-refractivity contribution in [2.24, 2.45) is 5.73 Å². The Morgan fingerprint density at radius 2 is 2.00 bits per heavy atom. The van der Waals surface area contributed by atoms with E-state index in [4.69, 9.17) is 11.5 Å². The molecular formula is C14H16N4O2.